The van der Waals surface area contributed by atoms with Gasteiger partial charge in [-0.2, -0.15) is 0 Å². The van der Waals surface area contributed by atoms with E-state index in [1.807, 2.05) is 0 Å². The summed E-state index contributed by atoms with van der Waals surface area (Å²) in [5.74, 6) is -4.94. The molecule has 1 aromatic heterocycles. The molecule has 2 heterocycles. The van der Waals surface area contributed by atoms with Crippen LogP contribution in [0.5, 0.6) is 0 Å². The summed E-state index contributed by atoms with van der Waals surface area (Å²) in [6, 6.07) is 6.80. The van der Waals surface area contributed by atoms with Gasteiger partial charge in [-0.15, -0.1) is 0 Å². The van der Waals surface area contributed by atoms with Crippen LogP contribution in [0, 0.1) is 23.3 Å². The van der Waals surface area contributed by atoms with Gasteiger partial charge in [-0.05, 0) is 36.6 Å². The number of fused-ring (bicyclic) bond motifs is 1. The summed E-state index contributed by atoms with van der Waals surface area (Å²) in [6.45, 7) is -0.0587. The van der Waals surface area contributed by atoms with Crippen LogP contribution >= 0.6 is 0 Å². The summed E-state index contributed by atoms with van der Waals surface area (Å²) in [6.07, 6.45) is -0.512. The van der Waals surface area contributed by atoms with Gasteiger partial charge in [-0.25, -0.2) is 22.5 Å². The first kappa shape index (κ1) is 22.3. The number of aromatic nitrogens is 2. The summed E-state index contributed by atoms with van der Waals surface area (Å²) in [7, 11) is 0. The zero-order valence-corrected chi connectivity index (χ0v) is 17.7. The molecule has 10 heteroatoms. The van der Waals surface area contributed by atoms with E-state index in [1.54, 1.807) is 0 Å². The van der Waals surface area contributed by atoms with Crippen molar-refractivity contribution in [2.24, 2.45) is 0 Å². The Labute approximate surface area is 190 Å². The molecule has 1 amide bonds. The molecule has 6 nitrogen and oxygen atoms in total. The van der Waals surface area contributed by atoms with E-state index >= 15 is 0 Å². The van der Waals surface area contributed by atoms with E-state index in [4.69, 9.17) is 0 Å². The van der Waals surface area contributed by atoms with Crippen molar-refractivity contribution in [1.29, 1.82) is 0 Å². The van der Waals surface area contributed by atoms with Crippen LogP contribution in [0.2, 0.25) is 0 Å². The van der Waals surface area contributed by atoms with Crippen LogP contribution in [-0.4, -0.2) is 32.4 Å². The molecule has 1 atom stereocenters. The maximum absolute atomic E-state index is 14.0. The van der Waals surface area contributed by atoms with Gasteiger partial charge in [0.05, 0.1) is 23.2 Å². The number of hydrogen-bond acceptors (Lipinski definition) is 4. The van der Waals surface area contributed by atoms with Gasteiger partial charge >= 0.3 is 0 Å². The van der Waals surface area contributed by atoms with Crippen molar-refractivity contribution in [1.82, 2.24) is 14.9 Å². The Morgan fingerprint density at radius 1 is 1.09 bits per heavy atom. The Balaban J connectivity index is 1.41. The minimum atomic E-state index is -1.92. The summed E-state index contributed by atoms with van der Waals surface area (Å²) in [4.78, 5) is 34.1. The number of H-pyrrole nitrogens is 1. The zero-order valence-electron chi connectivity index (χ0n) is 17.7. The van der Waals surface area contributed by atoms with Gasteiger partial charge in [-0.3, -0.25) is 9.59 Å². The van der Waals surface area contributed by atoms with Gasteiger partial charge in [0.2, 0.25) is 0 Å². The molecule has 0 bridgehead atoms. The van der Waals surface area contributed by atoms with Gasteiger partial charge in [0, 0.05) is 18.5 Å². The highest BCUT2D eigenvalue weighted by atomic mass is 19.2. The van der Waals surface area contributed by atoms with Crippen molar-refractivity contribution >= 4 is 5.91 Å². The third-order valence-electron chi connectivity index (χ3n) is 6.57. The average Bonchev–Trinajstić information content (AvgIpc) is 3.63. The number of rotatable bonds is 4. The number of aromatic amines is 1. The summed E-state index contributed by atoms with van der Waals surface area (Å²) >= 11 is 0. The largest absolute Gasteiger partial charge is 0.378 e. The second kappa shape index (κ2) is 8.05. The second-order valence-electron chi connectivity index (χ2n) is 8.61. The number of nitrogens with zero attached hydrogens (tertiary/aromatic N) is 2. The minimum Gasteiger partial charge on any atom is -0.378 e. The fourth-order valence-corrected chi connectivity index (χ4v) is 4.46. The van der Waals surface area contributed by atoms with E-state index in [0.717, 1.165) is 24.3 Å². The number of nitrogens with one attached hydrogen (secondary N) is 1. The number of carbonyl (C=O) groups excluding carboxylic acids is 1. The predicted molar refractivity (Wildman–Crippen MR) is 112 cm³/mol. The highest BCUT2D eigenvalue weighted by Crippen LogP contribution is 2.52. The molecule has 0 spiro atoms. The standard InChI is InChI=1S/C24H19F4N3O3/c25-15-5-4-12(10-17(15)27)24(7-8-24)23-29-18-6-9-31(11-14(18)21(33)30-23)22(34)20(32)13-2-1-3-16(26)19(13)28/h1-5,10,20,32H,6-9,11H2,(H,29,30,33)/t20-/m1/s1. The molecule has 1 aliphatic carbocycles. The number of aliphatic hydroxyl groups excluding tert-OH is 1. The summed E-state index contributed by atoms with van der Waals surface area (Å²) < 4.78 is 54.7. The molecule has 1 fully saturated rings. The maximum Gasteiger partial charge on any atom is 0.256 e. The SMILES string of the molecule is O=C([C@H](O)c1cccc(F)c1F)N1CCc2nc(C3(c4ccc(F)c(F)c4)CC3)[nH]c(=O)c2C1. The smallest absolute Gasteiger partial charge is 0.256 e. The van der Waals surface area contributed by atoms with Crippen LogP contribution < -0.4 is 5.56 Å². The monoisotopic (exact) mass is 473 g/mol. The van der Waals surface area contributed by atoms with Crippen LogP contribution in [0.3, 0.4) is 0 Å². The van der Waals surface area contributed by atoms with E-state index in [2.05, 4.69) is 9.97 Å². The molecule has 34 heavy (non-hydrogen) atoms. The first-order valence-corrected chi connectivity index (χ1v) is 10.7. The molecule has 3 aromatic rings. The molecule has 2 aromatic carbocycles. The van der Waals surface area contributed by atoms with Gasteiger partial charge in [0.15, 0.2) is 29.4 Å². The van der Waals surface area contributed by atoms with Crippen molar-refractivity contribution < 1.29 is 27.5 Å². The lowest BCUT2D eigenvalue weighted by atomic mass is 9.94. The zero-order chi connectivity index (χ0) is 24.2. The fourth-order valence-electron chi connectivity index (χ4n) is 4.46. The van der Waals surface area contributed by atoms with Crippen molar-refractivity contribution in [2.75, 3.05) is 6.54 Å². The lowest BCUT2D eigenvalue weighted by Crippen LogP contribution is -2.42. The third kappa shape index (κ3) is 3.58. The third-order valence-corrected chi connectivity index (χ3v) is 6.57. The van der Waals surface area contributed by atoms with Crippen molar-refractivity contribution in [3.05, 3.63) is 98.2 Å². The van der Waals surface area contributed by atoms with E-state index < -0.39 is 51.8 Å². The van der Waals surface area contributed by atoms with Crippen LogP contribution in [0.15, 0.2) is 41.2 Å². The molecule has 0 unspecified atom stereocenters. The topological polar surface area (TPSA) is 86.3 Å². The van der Waals surface area contributed by atoms with Gasteiger partial charge in [-0.1, -0.05) is 18.2 Å². The number of benzene rings is 2. The van der Waals surface area contributed by atoms with Crippen LogP contribution in [0.25, 0.3) is 0 Å². The molecular formula is C24H19F4N3O3. The summed E-state index contributed by atoms with van der Waals surface area (Å²) in [5, 5.41) is 10.3. The maximum atomic E-state index is 14.0. The van der Waals surface area contributed by atoms with E-state index in [0.29, 0.717) is 29.9 Å². The number of hydrogen-bond donors (Lipinski definition) is 2. The lowest BCUT2D eigenvalue weighted by molar-refractivity contribution is -0.141. The summed E-state index contributed by atoms with van der Waals surface area (Å²) in [5.41, 5.74) is -0.485. The lowest BCUT2D eigenvalue weighted by Gasteiger charge is -2.30. The first-order chi connectivity index (χ1) is 16.2. The number of carbonyl (C=O) groups is 1. The Morgan fingerprint density at radius 2 is 1.85 bits per heavy atom. The molecular weight excluding hydrogens is 454 g/mol. The van der Waals surface area contributed by atoms with Crippen LogP contribution in [0.4, 0.5) is 17.6 Å². The fraction of sp³-hybridized carbons (Fsp3) is 0.292. The normalized spacial score (nSPS) is 17.3. The molecule has 1 aliphatic heterocycles. The Hall–Kier alpha value is -3.53. The average molecular weight is 473 g/mol. The van der Waals surface area contributed by atoms with E-state index in [1.165, 1.54) is 17.0 Å². The van der Waals surface area contributed by atoms with E-state index in [-0.39, 0.29) is 25.1 Å². The molecule has 2 aliphatic rings. The van der Waals surface area contributed by atoms with Gasteiger partial charge in [0.25, 0.3) is 11.5 Å². The molecule has 176 valence electrons. The van der Waals surface area contributed by atoms with Crippen molar-refractivity contribution in [3.63, 3.8) is 0 Å². The highest BCUT2D eigenvalue weighted by Gasteiger charge is 2.49. The highest BCUT2D eigenvalue weighted by molar-refractivity contribution is 5.82. The van der Waals surface area contributed by atoms with E-state index in [9.17, 15) is 32.3 Å². The van der Waals surface area contributed by atoms with Crippen LogP contribution in [-0.2, 0) is 23.2 Å². The molecule has 0 radical (unpaired) electrons. The van der Waals surface area contributed by atoms with Crippen molar-refractivity contribution in [3.8, 4) is 0 Å². The molecule has 2 N–H and O–H groups in total. The van der Waals surface area contributed by atoms with Gasteiger partial charge < -0.3 is 15.0 Å². The predicted octanol–water partition coefficient (Wildman–Crippen LogP) is 3.02. The Morgan fingerprint density at radius 3 is 2.56 bits per heavy atom. The van der Waals surface area contributed by atoms with Crippen LogP contribution in [0.1, 0.15) is 47.2 Å². The molecule has 1 saturated carbocycles. The quantitative estimate of drug-likeness (QED) is 0.571. The Bertz CT molecular complexity index is 1370. The first-order valence-electron chi connectivity index (χ1n) is 10.7. The Kier molecular flexibility index (Phi) is 5.27. The number of aliphatic hydroxyl groups is 1. The van der Waals surface area contributed by atoms with Crippen molar-refractivity contribution in [2.45, 2.75) is 37.3 Å². The molecule has 0 saturated heterocycles. The molecule has 5 rings (SSSR count). The minimum absolute atomic E-state index is 0.105. The second-order valence-corrected chi connectivity index (χ2v) is 8.61. The number of halogens is 4. The van der Waals surface area contributed by atoms with Gasteiger partial charge in [0.1, 0.15) is 5.82 Å². The number of amides is 1.